The Hall–Kier alpha value is 0.998. The van der Waals surface area contributed by atoms with Crippen molar-refractivity contribution in [2.24, 2.45) is 0 Å². The maximum absolute atomic E-state index is 7.32. The fraction of sp³-hybridized carbons (Fsp3) is 1.00. The molecule has 0 amide bonds. The first-order valence-corrected chi connectivity index (χ1v) is 33.7. The Morgan fingerprint density at radius 1 is 0.396 bits per heavy atom. The van der Waals surface area contributed by atoms with Gasteiger partial charge in [-0.05, 0) is 107 Å². The molecule has 0 aromatic heterocycles. The van der Waals surface area contributed by atoms with E-state index in [0.717, 1.165) is 0 Å². The summed E-state index contributed by atoms with van der Waals surface area (Å²) < 4.78 is 84.6. The lowest BCUT2D eigenvalue weighted by atomic mass is 10.9. The fourth-order valence-electron chi connectivity index (χ4n) is 6.17. The molecule has 0 bridgehead atoms. The monoisotopic (exact) mass is 810 g/mol. The average molecular weight is 811 g/mol. The molecule has 13 nitrogen and oxygen atoms in total. The third-order valence-corrected chi connectivity index (χ3v) is 35.3. The van der Waals surface area contributed by atoms with Crippen molar-refractivity contribution in [2.75, 3.05) is 59.5 Å². The van der Waals surface area contributed by atoms with Crippen molar-refractivity contribution >= 4 is 61.4 Å². The predicted octanol–water partition coefficient (Wildman–Crippen LogP) is 6.28. The normalized spacial score (nSPS) is 26.1. The van der Waals surface area contributed by atoms with E-state index in [-0.39, 0.29) is 0 Å². The summed E-state index contributed by atoms with van der Waals surface area (Å²) in [6.45, 7) is 30.7. The highest BCUT2D eigenvalue weighted by molar-refractivity contribution is 6.91. The Bertz CT molecular complexity index is 772. The first-order valence-electron chi connectivity index (χ1n) is 18.2. The fourth-order valence-corrected chi connectivity index (χ4v) is 39.2. The molecule has 0 aliphatic carbocycles. The van der Waals surface area contributed by atoms with Crippen LogP contribution in [0.3, 0.4) is 0 Å². The van der Waals surface area contributed by atoms with Gasteiger partial charge in [0.1, 0.15) is 0 Å². The predicted molar refractivity (Wildman–Crippen MR) is 203 cm³/mol. The summed E-state index contributed by atoms with van der Waals surface area (Å²) in [6, 6.07) is 3.61. The molecule has 288 valence electrons. The Morgan fingerprint density at radius 3 is 0.812 bits per heavy atom. The smallest absolute Gasteiger partial charge is 0.418 e. The lowest BCUT2D eigenvalue weighted by Gasteiger charge is -2.48. The van der Waals surface area contributed by atoms with Gasteiger partial charge in [-0.3, -0.25) is 0 Å². The second-order valence-corrected chi connectivity index (χ2v) is 33.0. The minimum absolute atomic E-state index is 0.498. The summed E-state index contributed by atoms with van der Waals surface area (Å²) in [4.78, 5) is 0. The zero-order valence-corrected chi connectivity index (χ0v) is 39.6. The highest BCUT2D eigenvalue weighted by Gasteiger charge is 2.56. The average Bonchev–Trinajstić information content (AvgIpc) is 2.99. The first-order chi connectivity index (χ1) is 22.7. The summed E-state index contributed by atoms with van der Waals surface area (Å²) in [6.07, 6.45) is 0. The van der Waals surface area contributed by atoms with Gasteiger partial charge in [0.2, 0.25) is 0 Å². The van der Waals surface area contributed by atoms with Crippen LogP contribution in [0.15, 0.2) is 0 Å². The van der Waals surface area contributed by atoms with E-state index in [1.165, 1.54) is 0 Å². The van der Waals surface area contributed by atoms with Gasteiger partial charge in [0.05, 0.1) is 0 Å². The van der Waals surface area contributed by atoms with Gasteiger partial charge in [-0.2, -0.15) is 0 Å². The Morgan fingerprint density at radius 2 is 0.604 bits per heavy atom. The molecule has 1 fully saturated rings. The van der Waals surface area contributed by atoms with Gasteiger partial charge in [0, 0.05) is 77.6 Å². The minimum Gasteiger partial charge on any atom is -0.418 e. The van der Waals surface area contributed by atoms with Gasteiger partial charge in [-0.1, -0.05) is 0 Å². The molecular formula is C28H70O13Si7. The Balaban J connectivity index is 3.57. The SMILES string of the molecule is CCO[Si](CC[Si]1(C)O[SiH](C)O[Si](C)(CC[Si](OCC)(OCC)OCC)O[Si](C)(CC[Si](OCC)(OCC)OCC)O1)(OCC)OCC. The zero-order valence-electron chi connectivity index (χ0n) is 32.5. The standard InChI is InChI=1S/C28H70O13Si7/c1-14-29-46(30-15-2,31-16-3)26-23-43(11)38-42(10)39-44(12,24-27-47(32-17-4,33-18-5)34-19-6)41-45(13,40-43)25-28-48(35-20-7,36-21-8)37-22-9/h42H,14-28H2,1-13H3. The third-order valence-electron chi connectivity index (χ3n) is 7.63. The molecule has 2 unspecified atom stereocenters. The molecule has 2 atom stereocenters. The molecule has 0 radical (unpaired) electrons. The largest absolute Gasteiger partial charge is 0.500 e. The van der Waals surface area contributed by atoms with E-state index < -0.39 is 61.4 Å². The summed E-state index contributed by atoms with van der Waals surface area (Å²) in [7, 11) is -20.0. The van der Waals surface area contributed by atoms with Crippen molar-refractivity contribution in [3.05, 3.63) is 0 Å². The van der Waals surface area contributed by atoms with Crippen LogP contribution in [-0.2, 0) is 56.3 Å². The summed E-state index contributed by atoms with van der Waals surface area (Å²) in [5, 5.41) is 0. The summed E-state index contributed by atoms with van der Waals surface area (Å²) in [5.41, 5.74) is 0. The molecule has 0 saturated carbocycles. The van der Waals surface area contributed by atoms with E-state index in [2.05, 4.69) is 26.2 Å². The number of rotatable bonds is 27. The van der Waals surface area contributed by atoms with E-state index in [1.54, 1.807) is 0 Å². The quantitative estimate of drug-likeness (QED) is 0.0868. The first kappa shape index (κ1) is 47.0. The third kappa shape index (κ3) is 15.5. The highest BCUT2D eigenvalue weighted by atomic mass is 28.5. The van der Waals surface area contributed by atoms with Crippen LogP contribution < -0.4 is 0 Å². The van der Waals surface area contributed by atoms with Gasteiger partial charge in [0.25, 0.3) is 0 Å². The van der Waals surface area contributed by atoms with Crippen LogP contribution in [-0.4, -0.2) is 121 Å². The lowest BCUT2D eigenvalue weighted by molar-refractivity contribution is 0.0714. The maximum atomic E-state index is 7.32. The second-order valence-electron chi connectivity index (χ2n) is 11.9. The van der Waals surface area contributed by atoms with Crippen molar-refractivity contribution in [2.45, 2.75) is 125 Å². The number of hydrogen-bond donors (Lipinski definition) is 0. The minimum atomic E-state index is -3.04. The zero-order chi connectivity index (χ0) is 36.4. The molecule has 1 saturated heterocycles. The molecular weight excluding hydrogens is 741 g/mol. The molecule has 1 aliphatic heterocycles. The molecule has 20 heteroatoms. The Kier molecular flexibility index (Phi) is 22.5. The van der Waals surface area contributed by atoms with E-state index in [4.69, 9.17) is 56.3 Å². The van der Waals surface area contributed by atoms with Crippen LogP contribution >= 0.6 is 0 Å². The molecule has 1 heterocycles. The van der Waals surface area contributed by atoms with E-state index in [1.807, 2.05) is 62.3 Å². The molecule has 1 aliphatic rings. The molecule has 1 rings (SSSR count). The van der Waals surface area contributed by atoms with Crippen LogP contribution in [0.1, 0.15) is 62.3 Å². The van der Waals surface area contributed by atoms with Crippen molar-refractivity contribution in [1.29, 1.82) is 0 Å². The van der Waals surface area contributed by atoms with Gasteiger partial charge in [0.15, 0.2) is 0 Å². The topological polar surface area (TPSA) is 120 Å². The van der Waals surface area contributed by atoms with Crippen LogP contribution in [0.4, 0.5) is 0 Å². The molecule has 48 heavy (non-hydrogen) atoms. The van der Waals surface area contributed by atoms with Crippen LogP contribution in [0.5, 0.6) is 0 Å². The van der Waals surface area contributed by atoms with Gasteiger partial charge < -0.3 is 56.3 Å². The van der Waals surface area contributed by atoms with Crippen LogP contribution in [0, 0.1) is 0 Å². The van der Waals surface area contributed by atoms with E-state index in [9.17, 15) is 0 Å². The Labute approximate surface area is 300 Å². The van der Waals surface area contributed by atoms with Crippen molar-refractivity contribution in [1.82, 2.24) is 0 Å². The van der Waals surface area contributed by atoms with Crippen molar-refractivity contribution in [3.8, 4) is 0 Å². The van der Waals surface area contributed by atoms with Gasteiger partial charge in [-0.25, -0.2) is 0 Å². The van der Waals surface area contributed by atoms with Gasteiger partial charge >= 0.3 is 61.4 Å². The molecule has 0 N–H and O–H groups in total. The van der Waals surface area contributed by atoms with Crippen LogP contribution in [0.25, 0.3) is 0 Å². The second kappa shape index (κ2) is 22.9. The number of hydrogen-bond acceptors (Lipinski definition) is 13. The molecule has 0 aromatic rings. The van der Waals surface area contributed by atoms with Crippen molar-refractivity contribution in [3.63, 3.8) is 0 Å². The van der Waals surface area contributed by atoms with E-state index in [0.29, 0.717) is 95.7 Å². The molecule has 0 aromatic carbocycles. The van der Waals surface area contributed by atoms with Crippen molar-refractivity contribution < 1.29 is 56.3 Å². The van der Waals surface area contributed by atoms with Gasteiger partial charge in [-0.15, -0.1) is 0 Å². The summed E-state index contributed by atoms with van der Waals surface area (Å²) >= 11 is 0. The van der Waals surface area contributed by atoms with E-state index >= 15 is 0 Å². The highest BCUT2D eigenvalue weighted by Crippen LogP contribution is 2.38. The summed E-state index contributed by atoms with van der Waals surface area (Å²) in [5.74, 6) is 0. The van der Waals surface area contributed by atoms with Crippen LogP contribution in [0.2, 0.25) is 62.5 Å². The lowest BCUT2D eigenvalue weighted by Crippen LogP contribution is -2.64. The molecule has 0 spiro atoms. The maximum Gasteiger partial charge on any atom is 0.500 e.